The summed E-state index contributed by atoms with van der Waals surface area (Å²) in [5.41, 5.74) is -0.396. The van der Waals surface area contributed by atoms with Crippen molar-refractivity contribution in [2.75, 3.05) is 31.1 Å². The molecule has 146 valence electrons. The molecule has 8 heteroatoms. The summed E-state index contributed by atoms with van der Waals surface area (Å²) in [5, 5.41) is 9.51. The molecule has 1 aromatic carbocycles. The van der Waals surface area contributed by atoms with Gasteiger partial charge in [0.15, 0.2) is 0 Å². The lowest BCUT2D eigenvalue weighted by Crippen LogP contribution is -2.42. The van der Waals surface area contributed by atoms with E-state index in [2.05, 4.69) is 0 Å². The number of hydrogen-bond donors (Lipinski definition) is 1. The number of hydrogen-bond acceptors (Lipinski definition) is 4. The van der Waals surface area contributed by atoms with Crippen LogP contribution < -0.4 is 4.90 Å². The van der Waals surface area contributed by atoms with Gasteiger partial charge in [0.05, 0.1) is 16.1 Å². The number of aromatic carboxylic acids is 1. The number of halogens is 1. The number of benzene rings is 1. The third kappa shape index (κ3) is 4.01. The minimum Gasteiger partial charge on any atom is -0.478 e. The first kappa shape index (κ1) is 20.6. The molecule has 6 nitrogen and oxygen atoms in total. The van der Waals surface area contributed by atoms with Gasteiger partial charge in [0.1, 0.15) is 5.82 Å². The van der Waals surface area contributed by atoms with Crippen molar-refractivity contribution in [1.29, 1.82) is 0 Å². The van der Waals surface area contributed by atoms with Crippen molar-refractivity contribution in [2.45, 2.75) is 39.0 Å². The van der Waals surface area contributed by atoms with Crippen molar-refractivity contribution in [3.8, 4) is 0 Å². The van der Waals surface area contributed by atoms with Crippen molar-refractivity contribution in [2.24, 2.45) is 11.8 Å². The third-order valence-corrected chi connectivity index (χ3v) is 6.63. The average Bonchev–Trinajstić information content (AvgIpc) is 2.55. The van der Waals surface area contributed by atoms with Crippen LogP contribution in [0.2, 0.25) is 0 Å². The summed E-state index contributed by atoms with van der Waals surface area (Å²) < 4.78 is 42.1. The van der Waals surface area contributed by atoms with Gasteiger partial charge >= 0.3 is 5.97 Å². The predicted molar refractivity (Wildman–Crippen MR) is 98.6 cm³/mol. The van der Waals surface area contributed by atoms with Crippen LogP contribution in [0, 0.1) is 17.7 Å². The molecule has 0 aromatic heterocycles. The Balaban J connectivity index is 2.55. The first-order chi connectivity index (χ1) is 12.1. The summed E-state index contributed by atoms with van der Waals surface area (Å²) in [6.45, 7) is 9.08. The molecule has 0 amide bonds. The van der Waals surface area contributed by atoms with Crippen LogP contribution in [0.3, 0.4) is 0 Å². The van der Waals surface area contributed by atoms with Crippen LogP contribution >= 0.6 is 0 Å². The van der Waals surface area contributed by atoms with Gasteiger partial charge in [-0.2, -0.15) is 4.31 Å². The van der Waals surface area contributed by atoms with E-state index in [0.717, 1.165) is 18.6 Å². The standard InChI is InChI=1S/C18H27FN2O4S/c1-5-20(6-2)17-15(18(22)23)8-14(9-16(17)19)26(24,25)21-10-12(3)7-13(4)11-21/h8-9,12-13H,5-7,10-11H2,1-4H3,(H,22,23)/t12-,13+. The number of carboxylic acid groups (broad SMARTS) is 1. The Bertz CT molecular complexity index is 768. The fourth-order valence-electron chi connectivity index (χ4n) is 3.70. The molecule has 2 rings (SSSR count). The number of rotatable bonds is 6. The molecule has 2 atom stereocenters. The summed E-state index contributed by atoms with van der Waals surface area (Å²) in [6, 6.07) is 2.03. The van der Waals surface area contributed by atoms with Gasteiger partial charge in [-0.1, -0.05) is 13.8 Å². The smallest absolute Gasteiger partial charge is 0.337 e. The van der Waals surface area contributed by atoms with Crippen LogP contribution in [0.1, 0.15) is 44.5 Å². The van der Waals surface area contributed by atoms with E-state index in [1.54, 1.807) is 18.7 Å². The molecule has 0 unspecified atom stereocenters. The fraction of sp³-hybridized carbons (Fsp3) is 0.611. The number of piperidine rings is 1. The summed E-state index contributed by atoms with van der Waals surface area (Å²) in [6.07, 6.45) is 0.932. The molecule has 0 saturated carbocycles. The highest BCUT2D eigenvalue weighted by molar-refractivity contribution is 7.89. The van der Waals surface area contributed by atoms with Crippen molar-refractivity contribution < 1.29 is 22.7 Å². The van der Waals surface area contributed by atoms with Gasteiger partial charge < -0.3 is 10.0 Å². The molecule has 1 aliphatic rings. The molecule has 26 heavy (non-hydrogen) atoms. The topological polar surface area (TPSA) is 77.9 Å². The second-order valence-corrected chi connectivity index (χ2v) is 8.98. The van der Waals surface area contributed by atoms with Gasteiger partial charge in [-0.25, -0.2) is 17.6 Å². The monoisotopic (exact) mass is 386 g/mol. The minimum absolute atomic E-state index is 0.0677. The number of carboxylic acids is 1. The van der Waals surface area contributed by atoms with E-state index in [9.17, 15) is 22.7 Å². The van der Waals surface area contributed by atoms with E-state index in [1.165, 1.54) is 4.31 Å². The van der Waals surface area contributed by atoms with Gasteiger partial charge in [-0.05, 0) is 44.2 Å². The Morgan fingerprint density at radius 1 is 1.23 bits per heavy atom. The van der Waals surface area contributed by atoms with E-state index >= 15 is 0 Å². The first-order valence-electron chi connectivity index (χ1n) is 8.93. The van der Waals surface area contributed by atoms with E-state index in [4.69, 9.17) is 0 Å². The Morgan fingerprint density at radius 2 is 1.77 bits per heavy atom. The maximum Gasteiger partial charge on any atom is 0.337 e. The van der Waals surface area contributed by atoms with E-state index in [-0.39, 0.29) is 28.0 Å². The second-order valence-electron chi connectivity index (χ2n) is 7.05. The van der Waals surface area contributed by atoms with Crippen molar-refractivity contribution in [3.63, 3.8) is 0 Å². The molecule has 0 aliphatic carbocycles. The van der Waals surface area contributed by atoms with Crippen molar-refractivity contribution in [1.82, 2.24) is 4.31 Å². The van der Waals surface area contributed by atoms with Gasteiger partial charge in [0.25, 0.3) is 0 Å². The normalized spacial score (nSPS) is 21.6. The Morgan fingerprint density at radius 3 is 2.23 bits per heavy atom. The van der Waals surface area contributed by atoms with E-state index < -0.39 is 21.8 Å². The molecule has 1 aliphatic heterocycles. The molecule has 1 heterocycles. The van der Waals surface area contributed by atoms with Gasteiger partial charge in [0, 0.05) is 26.2 Å². The zero-order chi connectivity index (χ0) is 19.6. The maximum absolute atomic E-state index is 14.8. The van der Waals surface area contributed by atoms with Gasteiger partial charge in [-0.3, -0.25) is 0 Å². The highest BCUT2D eigenvalue weighted by Crippen LogP contribution is 2.32. The first-order valence-corrected chi connectivity index (χ1v) is 10.4. The lowest BCUT2D eigenvalue weighted by Gasteiger charge is -2.34. The quantitative estimate of drug-likeness (QED) is 0.813. The Kier molecular flexibility index (Phi) is 6.29. The molecular formula is C18H27FN2O4S. The third-order valence-electron chi connectivity index (χ3n) is 4.82. The number of carbonyl (C=O) groups is 1. The molecule has 0 spiro atoms. The summed E-state index contributed by atoms with van der Waals surface area (Å²) >= 11 is 0. The summed E-state index contributed by atoms with van der Waals surface area (Å²) in [5.74, 6) is -1.77. The van der Waals surface area contributed by atoms with E-state index in [1.807, 2.05) is 13.8 Å². The molecule has 1 N–H and O–H groups in total. The zero-order valence-corrected chi connectivity index (χ0v) is 16.5. The van der Waals surface area contributed by atoms with Crippen LogP contribution in [-0.2, 0) is 10.0 Å². The molecule has 1 saturated heterocycles. The summed E-state index contributed by atoms with van der Waals surface area (Å²) in [7, 11) is -3.95. The second kappa shape index (κ2) is 7.92. The molecule has 1 fully saturated rings. The lowest BCUT2D eigenvalue weighted by molar-refractivity contribution is 0.0696. The van der Waals surface area contributed by atoms with Crippen LogP contribution in [0.4, 0.5) is 10.1 Å². The Hall–Kier alpha value is -1.67. The predicted octanol–water partition coefficient (Wildman–Crippen LogP) is 3.04. The Labute approximate surface area is 154 Å². The highest BCUT2D eigenvalue weighted by atomic mass is 32.2. The number of anilines is 1. The van der Waals surface area contributed by atoms with Crippen LogP contribution in [0.15, 0.2) is 17.0 Å². The zero-order valence-electron chi connectivity index (χ0n) is 15.7. The molecule has 0 bridgehead atoms. The lowest BCUT2D eigenvalue weighted by atomic mass is 9.94. The van der Waals surface area contributed by atoms with E-state index in [0.29, 0.717) is 26.2 Å². The van der Waals surface area contributed by atoms with Gasteiger partial charge in [-0.15, -0.1) is 0 Å². The molecule has 1 aromatic rings. The van der Waals surface area contributed by atoms with Crippen molar-refractivity contribution >= 4 is 21.7 Å². The molecular weight excluding hydrogens is 359 g/mol. The van der Waals surface area contributed by atoms with Crippen LogP contribution in [-0.4, -0.2) is 50.0 Å². The van der Waals surface area contributed by atoms with Crippen LogP contribution in [0.5, 0.6) is 0 Å². The molecule has 0 radical (unpaired) electrons. The average molecular weight is 386 g/mol. The largest absolute Gasteiger partial charge is 0.478 e. The van der Waals surface area contributed by atoms with Crippen molar-refractivity contribution in [3.05, 3.63) is 23.5 Å². The minimum atomic E-state index is -3.95. The number of nitrogens with zero attached hydrogens (tertiary/aromatic N) is 2. The van der Waals surface area contributed by atoms with Gasteiger partial charge in [0.2, 0.25) is 10.0 Å². The summed E-state index contributed by atoms with van der Waals surface area (Å²) in [4.78, 5) is 12.9. The van der Waals surface area contributed by atoms with Crippen LogP contribution in [0.25, 0.3) is 0 Å². The highest BCUT2D eigenvalue weighted by Gasteiger charge is 2.33. The maximum atomic E-state index is 14.8. The number of sulfonamides is 1. The fourth-order valence-corrected chi connectivity index (χ4v) is 5.42. The SMILES string of the molecule is CCN(CC)c1c(F)cc(S(=O)(=O)N2C[C@H](C)C[C@H](C)C2)cc1C(=O)O.